The molecule has 1 aliphatic carbocycles. The molecule has 2 aliphatic rings. The molecule has 2 aromatic rings. The molecule has 1 fully saturated rings. The maximum atomic E-state index is 15.2. The van der Waals surface area contributed by atoms with E-state index in [0.29, 0.717) is 17.3 Å². The van der Waals surface area contributed by atoms with Crippen LogP contribution in [0.3, 0.4) is 0 Å². The Morgan fingerprint density at radius 1 is 1.11 bits per heavy atom. The van der Waals surface area contributed by atoms with E-state index < -0.39 is 29.5 Å². The minimum atomic E-state index is -1.83. The Bertz CT molecular complexity index is 1060. The molecule has 1 aromatic carbocycles. The number of halogens is 2. The van der Waals surface area contributed by atoms with E-state index in [-0.39, 0.29) is 24.1 Å². The predicted octanol–water partition coefficient (Wildman–Crippen LogP) is 4.32. The first kappa shape index (κ1) is 25.7. The first-order valence-electron chi connectivity index (χ1n) is 10.9. The molecule has 1 aromatic heterocycles. The molecule has 0 radical (unpaired) electrons. The Balaban J connectivity index is 0.000000795. The van der Waals surface area contributed by atoms with Crippen LogP contribution in [0.2, 0.25) is 0 Å². The quantitative estimate of drug-likeness (QED) is 0.554. The lowest BCUT2D eigenvalue weighted by Gasteiger charge is -2.41. The lowest BCUT2D eigenvalue weighted by atomic mass is 9.93. The summed E-state index contributed by atoms with van der Waals surface area (Å²) in [7, 11) is 4.24. The average molecular weight is 495 g/mol. The fourth-order valence-corrected chi connectivity index (χ4v) is 4.25. The van der Waals surface area contributed by atoms with Crippen molar-refractivity contribution in [2.24, 2.45) is 0 Å². The third-order valence-corrected chi connectivity index (χ3v) is 5.82. The van der Waals surface area contributed by atoms with E-state index >= 15 is 8.78 Å². The number of hydrogen-bond donors (Lipinski definition) is 3. The molecule has 0 saturated heterocycles. The van der Waals surface area contributed by atoms with E-state index in [2.05, 4.69) is 15.3 Å². The van der Waals surface area contributed by atoms with Crippen LogP contribution in [0, 0.1) is 11.6 Å². The number of amides is 2. The van der Waals surface area contributed by atoms with Crippen molar-refractivity contribution in [3.63, 3.8) is 0 Å². The van der Waals surface area contributed by atoms with Gasteiger partial charge in [-0.15, -0.1) is 0 Å². The number of aromatic nitrogens is 2. The molecule has 0 unspecified atom stereocenters. The van der Waals surface area contributed by atoms with Gasteiger partial charge in [-0.2, -0.15) is 4.98 Å². The topological polar surface area (TPSA) is 137 Å². The van der Waals surface area contributed by atoms with Crippen LogP contribution in [0.25, 0.3) is 0 Å². The van der Waals surface area contributed by atoms with Gasteiger partial charge >= 0.3 is 12.2 Å². The number of ether oxygens (including phenoxy) is 2. The average Bonchev–Trinajstić information content (AvgIpc) is 2.84. The smallest absolute Gasteiger partial charge is 0.493 e. The van der Waals surface area contributed by atoms with Gasteiger partial charge in [-0.25, -0.2) is 23.4 Å². The summed E-state index contributed by atoms with van der Waals surface area (Å²) in [5.41, 5.74) is 0.0927. The van der Waals surface area contributed by atoms with Gasteiger partial charge in [0.25, 0.3) is 0 Å². The van der Waals surface area contributed by atoms with Gasteiger partial charge < -0.3 is 25.0 Å². The van der Waals surface area contributed by atoms with Crippen molar-refractivity contribution in [3.05, 3.63) is 29.5 Å². The minimum absolute atomic E-state index is 0.0778. The van der Waals surface area contributed by atoms with Gasteiger partial charge in [0, 0.05) is 30.9 Å². The monoisotopic (exact) mass is 495 g/mol. The third-order valence-electron chi connectivity index (χ3n) is 5.82. The van der Waals surface area contributed by atoms with Crippen molar-refractivity contribution in [1.29, 1.82) is 0 Å². The number of nitrogens with one attached hydrogen (secondary N) is 1. The van der Waals surface area contributed by atoms with Crippen LogP contribution in [0.4, 0.5) is 35.8 Å². The Morgan fingerprint density at radius 3 is 2.20 bits per heavy atom. The van der Waals surface area contributed by atoms with Crippen molar-refractivity contribution in [3.8, 4) is 11.5 Å². The Hall–Kier alpha value is -3.90. The first-order chi connectivity index (χ1) is 16.7. The number of rotatable bonds is 5. The zero-order valence-corrected chi connectivity index (χ0v) is 19.5. The fraction of sp³-hybridized carbons (Fsp3) is 0.455. The van der Waals surface area contributed by atoms with Crippen LogP contribution < -0.4 is 24.6 Å². The molecule has 13 heteroatoms. The van der Waals surface area contributed by atoms with E-state index in [1.54, 1.807) is 18.1 Å². The number of urea groups is 1. The molecule has 2 amide bonds. The van der Waals surface area contributed by atoms with E-state index in [0.717, 1.165) is 43.1 Å². The molecule has 4 rings (SSSR count). The molecule has 1 saturated carbocycles. The molecule has 2 heterocycles. The number of hydrogen-bond acceptors (Lipinski definition) is 7. The zero-order valence-electron chi connectivity index (χ0n) is 19.5. The standard InChI is InChI=1S/C21H25F2N5O3.CH2O3/c1-24-20-25-10-12-11-27(18-16(22)14(30-2)9-15(31-3)17(18)23)21(29)28(19(12)26-20)13-7-5-4-6-8-13;2-1(3)4/h9-10,13H,4-8,11H2,1-3H3,(H,24,25,26);(H2,2,3,4). The molecular formula is C22H27F2N5O6. The number of fused-ring (bicyclic) bond motifs is 1. The van der Waals surface area contributed by atoms with Gasteiger partial charge in [0.2, 0.25) is 5.95 Å². The highest BCUT2D eigenvalue weighted by Crippen LogP contribution is 2.42. The van der Waals surface area contributed by atoms with Crippen molar-refractivity contribution < 1.29 is 38.1 Å². The van der Waals surface area contributed by atoms with Crippen molar-refractivity contribution in [2.75, 3.05) is 36.4 Å². The fourth-order valence-electron chi connectivity index (χ4n) is 4.25. The first-order valence-corrected chi connectivity index (χ1v) is 10.9. The highest BCUT2D eigenvalue weighted by Gasteiger charge is 2.40. The number of nitrogens with zero attached hydrogens (tertiary/aromatic N) is 4. The van der Waals surface area contributed by atoms with Crippen LogP contribution >= 0.6 is 0 Å². The van der Waals surface area contributed by atoms with E-state index in [4.69, 9.17) is 24.5 Å². The highest BCUT2D eigenvalue weighted by molar-refractivity contribution is 6.06. The predicted molar refractivity (Wildman–Crippen MR) is 123 cm³/mol. The summed E-state index contributed by atoms with van der Waals surface area (Å²) in [5, 5.41) is 16.8. The summed E-state index contributed by atoms with van der Waals surface area (Å²) >= 11 is 0. The zero-order chi connectivity index (χ0) is 25.7. The number of carbonyl (C=O) groups is 2. The van der Waals surface area contributed by atoms with Gasteiger partial charge in [0.15, 0.2) is 23.1 Å². The summed E-state index contributed by atoms with van der Waals surface area (Å²) in [6.45, 7) is -0.0778. The van der Waals surface area contributed by atoms with Crippen LogP contribution in [-0.4, -0.2) is 59.7 Å². The lowest BCUT2D eigenvalue weighted by molar-refractivity contribution is 0.137. The maximum absolute atomic E-state index is 15.2. The largest absolute Gasteiger partial charge is 0.503 e. The van der Waals surface area contributed by atoms with E-state index in [1.165, 1.54) is 14.2 Å². The number of methoxy groups -OCH3 is 2. The Kier molecular flexibility index (Phi) is 8.10. The summed E-state index contributed by atoms with van der Waals surface area (Å²) in [5.74, 6) is -1.50. The molecule has 0 spiro atoms. The van der Waals surface area contributed by atoms with Crippen molar-refractivity contribution in [1.82, 2.24) is 9.97 Å². The van der Waals surface area contributed by atoms with Crippen LogP contribution in [0.15, 0.2) is 12.3 Å². The second-order valence-electron chi connectivity index (χ2n) is 7.86. The summed E-state index contributed by atoms with van der Waals surface area (Å²) in [6, 6.07) is 0.479. The summed E-state index contributed by atoms with van der Waals surface area (Å²) in [6.07, 6.45) is 4.38. The van der Waals surface area contributed by atoms with Gasteiger partial charge in [-0.1, -0.05) is 19.3 Å². The SMILES string of the molecule is CNc1ncc2c(n1)N(C1CCCCC1)C(=O)N(c1c(F)c(OC)cc(OC)c1F)C2.O=C(O)O. The maximum Gasteiger partial charge on any atom is 0.503 e. The number of anilines is 3. The summed E-state index contributed by atoms with van der Waals surface area (Å²) in [4.78, 5) is 33.6. The molecule has 1 aliphatic heterocycles. The number of benzene rings is 1. The molecular weight excluding hydrogens is 468 g/mol. The third kappa shape index (κ3) is 5.28. The second-order valence-corrected chi connectivity index (χ2v) is 7.86. The van der Waals surface area contributed by atoms with Crippen LogP contribution in [0.1, 0.15) is 37.7 Å². The van der Waals surface area contributed by atoms with E-state index in [9.17, 15) is 4.79 Å². The normalized spacial score (nSPS) is 15.6. The van der Waals surface area contributed by atoms with E-state index in [1.807, 2.05) is 0 Å². The number of carbonyl (C=O) groups excluding carboxylic acids is 1. The number of carboxylic acid groups (broad SMARTS) is 2. The Morgan fingerprint density at radius 2 is 1.69 bits per heavy atom. The molecule has 190 valence electrons. The van der Waals surface area contributed by atoms with Crippen molar-refractivity contribution in [2.45, 2.75) is 44.7 Å². The van der Waals surface area contributed by atoms with Gasteiger partial charge in [0.05, 0.1) is 20.8 Å². The summed E-state index contributed by atoms with van der Waals surface area (Å²) < 4.78 is 40.5. The van der Waals surface area contributed by atoms with Gasteiger partial charge in [-0.3, -0.25) is 9.80 Å². The van der Waals surface area contributed by atoms with Crippen molar-refractivity contribution >= 4 is 29.6 Å². The second kappa shape index (κ2) is 11.0. The molecule has 0 bridgehead atoms. The molecule has 11 nitrogen and oxygen atoms in total. The van der Waals surface area contributed by atoms with Gasteiger partial charge in [0.1, 0.15) is 11.5 Å². The molecule has 3 N–H and O–H groups in total. The van der Waals surface area contributed by atoms with Crippen LogP contribution in [-0.2, 0) is 6.54 Å². The van der Waals surface area contributed by atoms with Crippen LogP contribution in [0.5, 0.6) is 11.5 Å². The molecule has 0 atom stereocenters. The lowest BCUT2D eigenvalue weighted by Crippen LogP contribution is -2.53. The van der Waals surface area contributed by atoms with Gasteiger partial charge in [-0.05, 0) is 12.8 Å². The minimum Gasteiger partial charge on any atom is -0.493 e. The molecule has 35 heavy (non-hydrogen) atoms. The highest BCUT2D eigenvalue weighted by atomic mass is 19.1. The Labute approximate surface area is 200 Å².